The van der Waals surface area contributed by atoms with E-state index in [1.54, 1.807) is 11.5 Å². The minimum absolute atomic E-state index is 0. The molecule has 0 amide bonds. The summed E-state index contributed by atoms with van der Waals surface area (Å²) in [5, 5.41) is 9.82. The summed E-state index contributed by atoms with van der Waals surface area (Å²) in [4.78, 5) is 0. The second-order valence-corrected chi connectivity index (χ2v) is 9.81. The van der Waals surface area contributed by atoms with E-state index >= 15 is 0 Å². The molecule has 156 valence electrons. The maximum absolute atomic E-state index is 9.82. The first-order valence-corrected chi connectivity index (χ1v) is 11.3. The number of phenols is 1. The fourth-order valence-electron chi connectivity index (χ4n) is 6.86. The predicted molar refractivity (Wildman–Crippen MR) is 118 cm³/mol. The summed E-state index contributed by atoms with van der Waals surface area (Å²) in [5.41, 5.74) is 3.49. The van der Waals surface area contributed by atoms with E-state index in [0.717, 1.165) is 30.1 Å². The molecule has 5 aliphatic carbocycles. The Bertz CT molecular complexity index is 697. The molecule has 4 saturated carbocycles. The molecule has 0 heterocycles. The predicted octanol–water partition coefficient (Wildman–Crippen LogP) is 6.29. The number of phenolic OH excluding ortho intramolecular Hbond substituents is 1. The van der Waals surface area contributed by atoms with Gasteiger partial charge >= 0.3 is 17.1 Å². The molecule has 1 aromatic carbocycles. The van der Waals surface area contributed by atoms with Crippen LogP contribution in [-0.4, -0.2) is 5.11 Å². The number of aryl methyl sites for hydroxylation is 1. The van der Waals surface area contributed by atoms with Crippen LogP contribution in [-0.2, 0) is 23.5 Å². The van der Waals surface area contributed by atoms with Gasteiger partial charge in [0.1, 0.15) is 5.75 Å². The molecule has 0 spiro atoms. The van der Waals surface area contributed by atoms with E-state index in [-0.39, 0.29) is 17.1 Å². The van der Waals surface area contributed by atoms with Crippen LogP contribution in [0, 0.1) is 86.9 Å². The van der Waals surface area contributed by atoms with Gasteiger partial charge in [0, 0.05) is 0 Å². The van der Waals surface area contributed by atoms with Gasteiger partial charge in [0.15, 0.2) is 0 Å². The topological polar surface area (TPSA) is 20.2 Å². The Morgan fingerprint density at radius 3 is 2.33 bits per heavy atom. The maximum Gasteiger partial charge on any atom is 2.00 e. The molecule has 2 heteroatoms. The molecule has 0 unspecified atom stereocenters. The summed E-state index contributed by atoms with van der Waals surface area (Å²) in [6.45, 7) is 2.57. The molecule has 1 aromatic rings. The van der Waals surface area contributed by atoms with Gasteiger partial charge in [0.25, 0.3) is 0 Å². The largest absolute Gasteiger partial charge is 2.00 e. The number of hydrogen-bond donors (Lipinski definition) is 1. The first kappa shape index (κ1) is 22.7. The molecule has 10 radical (unpaired) electrons. The molecule has 5 atom stereocenters. The Morgan fingerprint density at radius 1 is 0.933 bits per heavy atom. The molecule has 1 nitrogen and oxygen atoms in total. The van der Waals surface area contributed by atoms with Crippen molar-refractivity contribution in [3.8, 4) is 5.75 Å². The Morgan fingerprint density at radius 2 is 1.63 bits per heavy atom. The number of hydrogen-bond acceptors (Lipinski definition) is 1. The number of rotatable bonds is 1. The van der Waals surface area contributed by atoms with Crippen LogP contribution in [0.4, 0.5) is 0 Å². The van der Waals surface area contributed by atoms with Crippen LogP contribution in [0.5, 0.6) is 5.75 Å². The third-order valence-electron chi connectivity index (χ3n) is 8.19. The van der Waals surface area contributed by atoms with Crippen LogP contribution in [0.3, 0.4) is 0 Å². The first-order valence-electron chi connectivity index (χ1n) is 11.3. The molecule has 0 aliphatic heterocycles. The van der Waals surface area contributed by atoms with Crippen LogP contribution in [0.25, 0.3) is 0 Å². The zero-order chi connectivity index (χ0) is 19.8. The summed E-state index contributed by atoms with van der Waals surface area (Å²) in [5.74, 6) is 5.23. The fourth-order valence-corrected chi connectivity index (χ4v) is 6.86. The van der Waals surface area contributed by atoms with Crippen LogP contribution in [0.2, 0.25) is 0 Å². The molecule has 5 aliphatic rings. The monoisotopic (exact) mass is 440 g/mol. The zero-order valence-electron chi connectivity index (χ0n) is 17.8. The molecule has 30 heavy (non-hydrogen) atoms. The molecule has 6 rings (SSSR count). The van der Waals surface area contributed by atoms with Crippen LogP contribution in [0.1, 0.15) is 56.1 Å². The van der Waals surface area contributed by atoms with Gasteiger partial charge in [-0.05, 0) is 155 Å². The average Bonchev–Trinajstić information content (AvgIpc) is 3.48. The maximum atomic E-state index is 9.82. The molecular weight excluding hydrogens is 408 g/mol. The summed E-state index contributed by atoms with van der Waals surface area (Å²) in [6.07, 6.45) is 27.0. The third-order valence-corrected chi connectivity index (χ3v) is 8.19. The molecule has 0 saturated heterocycles. The number of fused-ring (bicyclic) bond motifs is 5. The minimum atomic E-state index is 0. The first-order chi connectivity index (χ1) is 14.1. The second-order valence-electron chi connectivity index (χ2n) is 9.81. The van der Waals surface area contributed by atoms with E-state index in [0.29, 0.717) is 11.2 Å². The van der Waals surface area contributed by atoms with Crippen molar-refractivity contribution in [2.24, 2.45) is 23.2 Å². The SMILES string of the molecule is C[C@]12CC[C@@H]3c4ccc(O)cc4CC[C@H]3[C@@H]1C[C@@H]([C]1[CH][CH][CH][CH]1)C2.[CH]1[CH][CH][CH][CH]1.[Fe+2]. The van der Waals surface area contributed by atoms with Gasteiger partial charge in [-0.15, -0.1) is 0 Å². The quantitative estimate of drug-likeness (QED) is 0.509. The molecule has 1 N–H and O–H groups in total. The fraction of sp³-hybridized carbons (Fsp3) is 0.429. The van der Waals surface area contributed by atoms with Crippen molar-refractivity contribution in [1.29, 1.82) is 0 Å². The Kier molecular flexibility index (Phi) is 7.25. The van der Waals surface area contributed by atoms with Crippen molar-refractivity contribution >= 4 is 0 Å². The van der Waals surface area contributed by atoms with Gasteiger partial charge in [-0.25, -0.2) is 0 Å². The molecule has 0 aromatic heterocycles. The molecule has 0 bridgehead atoms. The van der Waals surface area contributed by atoms with E-state index in [2.05, 4.69) is 38.7 Å². The van der Waals surface area contributed by atoms with Crippen molar-refractivity contribution in [2.45, 2.75) is 51.4 Å². The van der Waals surface area contributed by atoms with Gasteiger partial charge in [0.05, 0.1) is 0 Å². The van der Waals surface area contributed by atoms with Crippen molar-refractivity contribution in [2.75, 3.05) is 0 Å². The Balaban J connectivity index is 0.000000321. The summed E-state index contributed by atoms with van der Waals surface area (Å²) in [6, 6.07) is 6.13. The molecular formula is C28H32FeO+2. The van der Waals surface area contributed by atoms with E-state index in [1.165, 1.54) is 37.7 Å². The summed E-state index contributed by atoms with van der Waals surface area (Å²) >= 11 is 0. The van der Waals surface area contributed by atoms with E-state index in [4.69, 9.17) is 0 Å². The van der Waals surface area contributed by atoms with E-state index in [1.807, 2.05) is 44.2 Å². The van der Waals surface area contributed by atoms with Crippen LogP contribution < -0.4 is 0 Å². The van der Waals surface area contributed by atoms with Crippen molar-refractivity contribution in [3.63, 3.8) is 0 Å². The van der Waals surface area contributed by atoms with Crippen LogP contribution >= 0.6 is 0 Å². The van der Waals surface area contributed by atoms with Crippen molar-refractivity contribution < 1.29 is 22.2 Å². The minimum Gasteiger partial charge on any atom is -0.508 e. The smallest absolute Gasteiger partial charge is 0.508 e. The zero-order valence-corrected chi connectivity index (χ0v) is 18.9. The number of aromatic hydroxyl groups is 1. The average molecular weight is 440 g/mol. The van der Waals surface area contributed by atoms with Gasteiger partial charge in [-0.3, -0.25) is 0 Å². The number of benzene rings is 1. The van der Waals surface area contributed by atoms with Gasteiger partial charge in [0.2, 0.25) is 0 Å². The van der Waals surface area contributed by atoms with Crippen LogP contribution in [0.15, 0.2) is 18.2 Å². The van der Waals surface area contributed by atoms with Crippen molar-refractivity contribution in [1.82, 2.24) is 0 Å². The van der Waals surface area contributed by atoms with Gasteiger partial charge in [-0.2, -0.15) is 0 Å². The second kappa shape index (κ2) is 9.58. The standard InChI is InChI=1S/C23H27O.C5H5.Fe/c1-23-11-10-20-19-9-7-18(24)12-16(19)6-8-21(20)22(23)13-17(14-23)15-4-2-3-5-15;1-2-4-5-3-1;/h2-5,7,9,12,17,20-22,24H,6,8,10-11,13-14H2,1H3;1-5H;/q;;+2/t17-,20-,21-,22+,23-;;/m1../s1. The van der Waals surface area contributed by atoms with E-state index < -0.39 is 0 Å². The summed E-state index contributed by atoms with van der Waals surface area (Å²) < 4.78 is 0. The van der Waals surface area contributed by atoms with Crippen molar-refractivity contribution in [3.05, 3.63) is 93.0 Å². The van der Waals surface area contributed by atoms with E-state index in [9.17, 15) is 5.11 Å². The Labute approximate surface area is 195 Å². The van der Waals surface area contributed by atoms with Gasteiger partial charge < -0.3 is 5.11 Å². The molecule has 4 fully saturated rings. The third kappa shape index (κ3) is 4.38. The Hall–Kier alpha value is -0.461. The summed E-state index contributed by atoms with van der Waals surface area (Å²) in [7, 11) is 0. The van der Waals surface area contributed by atoms with Gasteiger partial charge in [-0.1, -0.05) is 13.0 Å². The normalized spacial score (nSPS) is 37.4.